The zero-order valence-electron chi connectivity index (χ0n) is 23.6. The van der Waals surface area contributed by atoms with E-state index in [2.05, 4.69) is 30.4 Å². The van der Waals surface area contributed by atoms with Gasteiger partial charge in [-0.15, -0.1) is 0 Å². The molecule has 0 amide bonds. The van der Waals surface area contributed by atoms with Crippen molar-refractivity contribution in [1.82, 2.24) is 34.4 Å². The van der Waals surface area contributed by atoms with Crippen molar-refractivity contribution in [2.45, 2.75) is 45.3 Å². The Kier molecular flexibility index (Phi) is 7.19. The van der Waals surface area contributed by atoms with E-state index in [1.807, 2.05) is 39.0 Å². The number of hydrogen-bond donors (Lipinski definition) is 1. The van der Waals surface area contributed by atoms with Crippen molar-refractivity contribution >= 4 is 28.1 Å². The van der Waals surface area contributed by atoms with Crippen molar-refractivity contribution in [3.05, 3.63) is 60.9 Å². The first-order valence-corrected chi connectivity index (χ1v) is 13.5. The van der Waals surface area contributed by atoms with Crippen LogP contribution >= 0.6 is 0 Å². The highest BCUT2D eigenvalue weighted by Gasteiger charge is 2.47. The van der Waals surface area contributed by atoms with Crippen LogP contribution in [0.2, 0.25) is 0 Å². The quantitative estimate of drug-likeness (QED) is 0.257. The second-order valence-electron chi connectivity index (χ2n) is 10.4. The molecule has 6 rings (SSSR count). The number of ether oxygens (including phenoxy) is 3. The van der Waals surface area contributed by atoms with Crippen LogP contribution in [0.3, 0.4) is 0 Å². The lowest BCUT2D eigenvalue weighted by molar-refractivity contribution is -0.144. The van der Waals surface area contributed by atoms with E-state index < -0.39 is 18.6 Å². The molecule has 0 bridgehead atoms. The Morgan fingerprint density at radius 3 is 2.69 bits per heavy atom. The van der Waals surface area contributed by atoms with Crippen molar-refractivity contribution in [1.29, 1.82) is 0 Å². The summed E-state index contributed by atoms with van der Waals surface area (Å²) in [5.41, 5.74) is 2.65. The van der Waals surface area contributed by atoms with Crippen LogP contribution in [0.4, 0.5) is 20.3 Å². The van der Waals surface area contributed by atoms with Gasteiger partial charge in [0.1, 0.15) is 30.0 Å². The lowest BCUT2D eigenvalue weighted by Gasteiger charge is -2.40. The van der Waals surface area contributed by atoms with E-state index in [0.29, 0.717) is 46.1 Å². The van der Waals surface area contributed by atoms with Gasteiger partial charge in [-0.2, -0.15) is 5.10 Å². The van der Waals surface area contributed by atoms with Crippen LogP contribution in [0, 0.1) is 6.92 Å². The van der Waals surface area contributed by atoms with Crippen molar-refractivity contribution in [3.63, 3.8) is 0 Å². The zero-order chi connectivity index (χ0) is 29.4. The number of methoxy groups -OCH3 is 1. The molecule has 218 valence electrons. The van der Waals surface area contributed by atoms with E-state index in [9.17, 15) is 0 Å². The Morgan fingerprint density at radius 2 is 1.93 bits per heavy atom. The van der Waals surface area contributed by atoms with Crippen molar-refractivity contribution in [3.8, 4) is 23.1 Å². The molecule has 13 heteroatoms. The minimum absolute atomic E-state index is 0.00699. The number of aryl methyl sites for hydroxylation is 1. The molecule has 0 saturated carbocycles. The maximum absolute atomic E-state index is 15.3. The molecule has 4 aromatic heterocycles. The second kappa shape index (κ2) is 11.0. The van der Waals surface area contributed by atoms with Gasteiger partial charge in [-0.25, -0.2) is 33.2 Å². The molecule has 1 saturated heterocycles. The van der Waals surface area contributed by atoms with Crippen LogP contribution in [-0.4, -0.2) is 72.7 Å². The number of aromatic nitrogens is 6. The summed E-state index contributed by atoms with van der Waals surface area (Å²) in [5, 5.41) is 7.77. The molecule has 11 nitrogen and oxygen atoms in total. The van der Waals surface area contributed by atoms with Gasteiger partial charge in [0.2, 0.25) is 0 Å². The SMILES string of the molecule is COc1ncc2ncnc(Nc3ccc(Oc4ccn5ncnc5c4)c(C)c3)c2c1O[C@H]1CCN(C(C)C)CC1(F)F. The highest BCUT2D eigenvalue weighted by molar-refractivity contribution is 5.96. The number of pyridine rings is 2. The summed E-state index contributed by atoms with van der Waals surface area (Å²) in [6.07, 6.45) is 4.91. The average Bonchev–Trinajstić information content (AvgIpc) is 3.43. The highest BCUT2D eigenvalue weighted by Crippen LogP contribution is 2.41. The number of hydrogen-bond acceptors (Lipinski definition) is 10. The molecule has 1 aromatic carbocycles. The minimum Gasteiger partial charge on any atom is -0.478 e. The Hall–Kier alpha value is -4.65. The number of nitrogens with zero attached hydrogens (tertiary/aromatic N) is 7. The smallest absolute Gasteiger partial charge is 0.296 e. The molecule has 1 fully saturated rings. The van der Waals surface area contributed by atoms with E-state index in [4.69, 9.17) is 14.2 Å². The average molecular weight is 577 g/mol. The molecule has 5 heterocycles. The minimum atomic E-state index is -3.08. The molecule has 5 aromatic rings. The molecule has 1 atom stereocenters. The maximum atomic E-state index is 15.3. The number of benzene rings is 1. The normalized spacial score (nSPS) is 17.1. The van der Waals surface area contributed by atoms with Crippen molar-refractivity contribution < 1.29 is 23.0 Å². The molecule has 1 N–H and O–H groups in total. The summed E-state index contributed by atoms with van der Waals surface area (Å²) in [4.78, 5) is 18.9. The summed E-state index contributed by atoms with van der Waals surface area (Å²) in [7, 11) is 1.42. The number of alkyl halides is 2. The predicted octanol–water partition coefficient (Wildman–Crippen LogP) is 5.42. The summed E-state index contributed by atoms with van der Waals surface area (Å²) in [6.45, 7) is 5.82. The van der Waals surface area contributed by atoms with Crippen LogP contribution in [0.25, 0.3) is 16.6 Å². The fourth-order valence-electron chi connectivity index (χ4n) is 5.00. The first kappa shape index (κ1) is 27.5. The van der Waals surface area contributed by atoms with Crippen LogP contribution < -0.4 is 19.5 Å². The Labute approximate surface area is 240 Å². The third-order valence-corrected chi connectivity index (χ3v) is 7.27. The van der Waals surface area contributed by atoms with Crippen molar-refractivity contribution in [2.75, 3.05) is 25.5 Å². The van der Waals surface area contributed by atoms with Crippen LogP contribution in [0.15, 0.2) is 55.4 Å². The van der Waals surface area contributed by atoms with Gasteiger partial charge >= 0.3 is 0 Å². The van der Waals surface area contributed by atoms with Crippen LogP contribution in [0.5, 0.6) is 23.1 Å². The van der Waals surface area contributed by atoms with Gasteiger partial charge in [-0.1, -0.05) is 0 Å². The fourth-order valence-corrected chi connectivity index (χ4v) is 5.00. The Bertz CT molecular complexity index is 1750. The molecule has 1 aliphatic heterocycles. The molecular formula is C29H30F2N8O3. The lowest BCUT2D eigenvalue weighted by Crippen LogP contribution is -2.55. The van der Waals surface area contributed by atoms with Gasteiger partial charge in [-0.3, -0.25) is 4.90 Å². The van der Waals surface area contributed by atoms with Crippen LogP contribution in [0.1, 0.15) is 25.8 Å². The number of fused-ring (bicyclic) bond motifs is 2. The largest absolute Gasteiger partial charge is 0.478 e. The summed E-state index contributed by atoms with van der Waals surface area (Å²) in [5.74, 6) is -1.29. The number of piperidine rings is 1. The number of nitrogens with one attached hydrogen (secondary N) is 1. The van der Waals surface area contributed by atoms with Gasteiger partial charge in [0, 0.05) is 37.0 Å². The fraction of sp³-hybridized carbons (Fsp3) is 0.345. The van der Waals surface area contributed by atoms with Crippen molar-refractivity contribution in [2.24, 2.45) is 0 Å². The molecule has 0 aliphatic carbocycles. The molecular weight excluding hydrogens is 546 g/mol. The maximum Gasteiger partial charge on any atom is 0.296 e. The Balaban J connectivity index is 1.29. The first-order chi connectivity index (χ1) is 20.2. The summed E-state index contributed by atoms with van der Waals surface area (Å²) in [6, 6.07) is 9.17. The lowest BCUT2D eigenvalue weighted by atomic mass is 10.0. The monoisotopic (exact) mass is 576 g/mol. The van der Waals surface area contributed by atoms with E-state index in [0.717, 1.165) is 5.56 Å². The molecule has 0 radical (unpaired) electrons. The topological polar surface area (TPSA) is 112 Å². The molecule has 1 aliphatic rings. The molecule has 0 spiro atoms. The molecule has 0 unspecified atom stereocenters. The molecule has 42 heavy (non-hydrogen) atoms. The standard InChI is InChI=1S/C29H30F2N8O3/c1-17(2)38-9-8-23(29(30,31)14-38)42-26-25-21(13-32-28(26)40-4)33-15-35-27(25)37-19-5-6-22(18(3)11-19)41-20-7-10-39-24(12-20)34-16-36-39/h5-7,10-13,15-17,23H,8-9,14H2,1-4H3,(H,33,35,37)/t23-/m0/s1. The van der Waals surface area contributed by atoms with Gasteiger partial charge < -0.3 is 19.5 Å². The second-order valence-corrected chi connectivity index (χ2v) is 10.4. The van der Waals surface area contributed by atoms with Gasteiger partial charge in [0.15, 0.2) is 17.5 Å². The highest BCUT2D eigenvalue weighted by atomic mass is 19.3. The third kappa shape index (κ3) is 5.34. The number of likely N-dealkylation sites (tertiary alicyclic amines) is 1. The summed E-state index contributed by atoms with van der Waals surface area (Å²) < 4.78 is 49.7. The van der Waals surface area contributed by atoms with E-state index >= 15 is 8.78 Å². The van der Waals surface area contributed by atoms with Crippen LogP contribution in [-0.2, 0) is 0 Å². The van der Waals surface area contributed by atoms with Gasteiger partial charge in [0.25, 0.3) is 11.8 Å². The van der Waals surface area contributed by atoms with E-state index in [1.54, 1.807) is 27.7 Å². The summed E-state index contributed by atoms with van der Waals surface area (Å²) >= 11 is 0. The third-order valence-electron chi connectivity index (χ3n) is 7.27. The first-order valence-electron chi connectivity index (χ1n) is 13.5. The number of rotatable bonds is 8. The Morgan fingerprint density at radius 1 is 1.07 bits per heavy atom. The predicted molar refractivity (Wildman–Crippen MR) is 152 cm³/mol. The van der Waals surface area contributed by atoms with E-state index in [1.165, 1.54) is 26.0 Å². The number of halogens is 2. The van der Waals surface area contributed by atoms with E-state index in [-0.39, 0.29) is 24.1 Å². The zero-order valence-corrected chi connectivity index (χ0v) is 23.6. The van der Waals surface area contributed by atoms with Gasteiger partial charge in [0.05, 0.1) is 30.8 Å². The van der Waals surface area contributed by atoms with Gasteiger partial charge in [-0.05, 0) is 50.6 Å². The number of anilines is 2.